The molecule has 0 aliphatic carbocycles. The monoisotopic (exact) mass is 425 g/mol. The summed E-state index contributed by atoms with van der Waals surface area (Å²) in [5, 5.41) is 11.4. The number of nitrogens with zero attached hydrogens (tertiary/aromatic N) is 7. The Labute approximate surface area is 177 Å². The van der Waals surface area contributed by atoms with E-state index in [1.807, 2.05) is 30.6 Å². The summed E-state index contributed by atoms with van der Waals surface area (Å²) in [4.78, 5) is 11.0. The van der Waals surface area contributed by atoms with Crippen molar-refractivity contribution in [3.63, 3.8) is 0 Å². The van der Waals surface area contributed by atoms with Crippen molar-refractivity contribution in [2.75, 3.05) is 44.4 Å². The molecule has 6 heterocycles. The van der Waals surface area contributed by atoms with E-state index < -0.39 is 6.17 Å². The van der Waals surface area contributed by atoms with E-state index in [0.717, 1.165) is 48.6 Å². The van der Waals surface area contributed by atoms with Gasteiger partial charge in [0.1, 0.15) is 11.7 Å². The highest BCUT2D eigenvalue weighted by Gasteiger charge is 2.31. The Bertz CT molecular complexity index is 1200. The maximum Gasteiger partial charge on any atom is 0.240 e. The Morgan fingerprint density at radius 1 is 1.16 bits per heavy atom. The highest BCUT2D eigenvalue weighted by Crippen LogP contribution is 2.28. The second-order valence-corrected chi connectivity index (χ2v) is 7.61. The molecule has 4 aromatic heterocycles. The zero-order valence-corrected chi connectivity index (χ0v) is 17.1. The SMILES string of the molecule is CNc1nc(N)nn2ccc(-c3ccn4nccc4n3)c12.F[C@H]1CCN(C2COC2)C1. The lowest BCUT2D eigenvalue weighted by atomic mass is 10.2. The summed E-state index contributed by atoms with van der Waals surface area (Å²) < 4.78 is 21.0. The van der Waals surface area contributed by atoms with Gasteiger partial charge in [-0.15, -0.1) is 5.10 Å². The molecule has 2 fully saturated rings. The van der Waals surface area contributed by atoms with Crippen LogP contribution >= 0.6 is 0 Å². The highest BCUT2D eigenvalue weighted by atomic mass is 19.1. The average Bonchev–Trinajstić information content (AvgIpc) is 3.45. The Morgan fingerprint density at radius 3 is 2.71 bits per heavy atom. The number of halogens is 1. The van der Waals surface area contributed by atoms with Crippen LogP contribution in [-0.2, 0) is 4.74 Å². The topological polar surface area (TPSA) is 111 Å². The van der Waals surface area contributed by atoms with Gasteiger partial charge in [-0.05, 0) is 18.6 Å². The highest BCUT2D eigenvalue weighted by molar-refractivity contribution is 5.87. The van der Waals surface area contributed by atoms with Crippen LogP contribution in [0.2, 0.25) is 0 Å². The third kappa shape index (κ3) is 3.77. The second-order valence-electron chi connectivity index (χ2n) is 7.61. The van der Waals surface area contributed by atoms with Gasteiger partial charge < -0.3 is 15.8 Å². The molecule has 0 unspecified atom stereocenters. The largest absolute Gasteiger partial charge is 0.378 e. The van der Waals surface area contributed by atoms with E-state index >= 15 is 0 Å². The Hall–Kier alpha value is -3.31. The number of aromatic nitrogens is 6. The number of likely N-dealkylation sites (tertiary alicyclic amines) is 1. The number of hydrogen-bond acceptors (Lipinski definition) is 8. The fourth-order valence-corrected chi connectivity index (χ4v) is 3.89. The normalized spacial score (nSPS) is 19.4. The van der Waals surface area contributed by atoms with Crippen LogP contribution in [-0.4, -0.2) is 79.7 Å². The predicted octanol–water partition coefficient (Wildman–Crippen LogP) is 1.49. The van der Waals surface area contributed by atoms with Gasteiger partial charge >= 0.3 is 0 Å². The third-order valence-corrected chi connectivity index (χ3v) is 5.60. The van der Waals surface area contributed by atoms with Crippen molar-refractivity contribution in [3.05, 3.63) is 36.8 Å². The molecule has 0 spiro atoms. The van der Waals surface area contributed by atoms with Crippen molar-refractivity contribution in [2.24, 2.45) is 0 Å². The number of nitrogens with two attached hydrogens (primary N) is 1. The summed E-state index contributed by atoms with van der Waals surface area (Å²) in [6, 6.07) is 6.24. The smallest absolute Gasteiger partial charge is 0.240 e. The molecule has 1 atom stereocenters. The van der Waals surface area contributed by atoms with E-state index in [9.17, 15) is 4.39 Å². The molecule has 162 valence electrons. The maximum absolute atomic E-state index is 12.6. The van der Waals surface area contributed by atoms with Crippen LogP contribution in [0, 0.1) is 0 Å². The lowest BCUT2D eigenvalue weighted by molar-refractivity contribution is -0.0584. The number of nitrogens with one attached hydrogen (secondary N) is 1. The van der Waals surface area contributed by atoms with E-state index in [4.69, 9.17) is 10.5 Å². The quantitative estimate of drug-likeness (QED) is 0.508. The Morgan fingerprint density at radius 2 is 2.00 bits per heavy atom. The van der Waals surface area contributed by atoms with Gasteiger partial charge in [0.05, 0.1) is 31.1 Å². The summed E-state index contributed by atoms with van der Waals surface area (Å²) in [6.07, 6.45) is 5.56. The van der Waals surface area contributed by atoms with Crippen LogP contribution in [0.25, 0.3) is 22.4 Å². The summed E-state index contributed by atoms with van der Waals surface area (Å²) in [7, 11) is 1.80. The van der Waals surface area contributed by atoms with Crippen LogP contribution in [0.5, 0.6) is 0 Å². The molecule has 4 aromatic rings. The number of nitrogen functional groups attached to an aromatic ring is 1. The van der Waals surface area contributed by atoms with Crippen LogP contribution in [0.15, 0.2) is 36.8 Å². The van der Waals surface area contributed by atoms with Gasteiger partial charge in [-0.25, -0.2) is 18.4 Å². The van der Waals surface area contributed by atoms with E-state index in [1.54, 1.807) is 22.3 Å². The van der Waals surface area contributed by atoms with Crippen LogP contribution < -0.4 is 11.1 Å². The Balaban J connectivity index is 0.000000171. The molecule has 31 heavy (non-hydrogen) atoms. The average molecular weight is 425 g/mol. The van der Waals surface area contributed by atoms with Crippen LogP contribution in [0.3, 0.4) is 0 Å². The molecule has 2 saturated heterocycles. The molecule has 11 heteroatoms. The van der Waals surface area contributed by atoms with Crippen molar-refractivity contribution in [1.82, 2.24) is 34.1 Å². The first-order valence-electron chi connectivity index (χ1n) is 10.2. The molecular weight excluding hydrogens is 401 g/mol. The van der Waals surface area contributed by atoms with Crippen LogP contribution in [0.4, 0.5) is 16.2 Å². The number of rotatable bonds is 3. The van der Waals surface area contributed by atoms with Gasteiger partial charge in [-0.3, -0.25) is 4.90 Å². The summed E-state index contributed by atoms with van der Waals surface area (Å²) in [6.45, 7) is 3.18. The van der Waals surface area contributed by atoms with Gasteiger partial charge in [0, 0.05) is 44.2 Å². The molecular formula is C20H24FN9O. The zero-order chi connectivity index (χ0) is 21.4. The first-order chi connectivity index (χ1) is 15.1. The van der Waals surface area contributed by atoms with Crippen molar-refractivity contribution >= 4 is 22.9 Å². The Kier molecular flexibility index (Phi) is 5.12. The molecule has 10 nitrogen and oxygen atoms in total. The molecule has 6 rings (SSSR count). The number of hydrogen-bond donors (Lipinski definition) is 2. The second kappa shape index (κ2) is 8.08. The van der Waals surface area contributed by atoms with Gasteiger partial charge in [0.25, 0.3) is 0 Å². The molecule has 0 saturated carbocycles. The van der Waals surface area contributed by atoms with Gasteiger partial charge in [0.2, 0.25) is 5.95 Å². The standard InChI is InChI=1S/C13H12N8.C7H12FNO/c1-15-12-11-8(3-6-21(11)19-13(14)18-12)9-4-7-20-10(17-9)2-5-16-20;8-6-1-2-9(3-6)7-4-10-5-7/h2-7H,1H3,(H3,14,15,18,19);6-7H,1-5H2/t;6-/m.0/s1. The minimum Gasteiger partial charge on any atom is -0.378 e. The molecule has 2 aliphatic heterocycles. The third-order valence-electron chi connectivity index (χ3n) is 5.60. The van der Waals surface area contributed by atoms with E-state index in [-0.39, 0.29) is 5.95 Å². The fraction of sp³-hybridized carbons (Fsp3) is 0.400. The molecule has 0 aromatic carbocycles. The summed E-state index contributed by atoms with van der Waals surface area (Å²) >= 11 is 0. The van der Waals surface area contributed by atoms with E-state index in [0.29, 0.717) is 18.4 Å². The summed E-state index contributed by atoms with van der Waals surface area (Å²) in [5.74, 6) is 0.880. The molecule has 2 aliphatic rings. The van der Waals surface area contributed by atoms with Crippen molar-refractivity contribution in [2.45, 2.75) is 18.6 Å². The lowest BCUT2D eigenvalue weighted by Gasteiger charge is -2.34. The van der Waals surface area contributed by atoms with Crippen molar-refractivity contribution < 1.29 is 9.13 Å². The predicted molar refractivity (Wildman–Crippen MR) is 115 cm³/mol. The van der Waals surface area contributed by atoms with Crippen molar-refractivity contribution in [3.8, 4) is 11.3 Å². The van der Waals surface area contributed by atoms with Gasteiger partial charge in [0.15, 0.2) is 11.5 Å². The minimum atomic E-state index is -0.583. The number of anilines is 2. The molecule has 0 amide bonds. The van der Waals surface area contributed by atoms with Gasteiger partial charge in [-0.2, -0.15) is 10.1 Å². The summed E-state index contributed by atoms with van der Waals surface area (Å²) in [5.41, 5.74) is 9.08. The van der Waals surface area contributed by atoms with Gasteiger partial charge in [-0.1, -0.05) is 0 Å². The first-order valence-corrected chi connectivity index (χ1v) is 10.2. The van der Waals surface area contributed by atoms with Crippen molar-refractivity contribution in [1.29, 1.82) is 0 Å². The van der Waals surface area contributed by atoms with E-state index in [1.165, 1.54) is 0 Å². The van der Waals surface area contributed by atoms with Crippen LogP contribution in [0.1, 0.15) is 6.42 Å². The maximum atomic E-state index is 12.6. The molecule has 0 bridgehead atoms. The fourth-order valence-electron chi connectivity index (χ4n) is 3.89. The van der Waals surface area contributed by atoms with E-state index in [2.05, 4.69) is 30.4 Å². The molecule has 0 radical (unpaired) electrons. The first kappa shape index (κ1) is 19.6. The molecule has 3 N–H and O–H groups in total. The lowest BCUT2D eigenvalue weighted by Crippen LogP contribution is -2.47. The number of alkyl halides is 1. The zero-order valence-electron chi connectivity index (χ0n) is 17.1. The minimum absolute atomic E-state index is 0.216. The number of fused-ring (bicyclic) bond motifs is 2. The number of ether oxygens (including phenoxy) is 1.